The van der Waals surface area contributed by atoms with Gasteiger partial charge in [0.15, 0.2) is 5.82 Å². The van der Waals surface area contributed by atoms with Crippen LogP contribution in [0.1, 0.15) is 11.4 Å². The summed E-state index contributed by atoms with van der Waals surface area (Å²) in [5.41, 5.74) is 1.45. The minimum atomic E-state index is -0.163. The van der Waals surface area contributed by atoms with E-state index in [2.05, 4.69) is 27.3 Å². The van der Waals surface area contributed by atoms with E-state index in [0.29, 0.717) is 17.9 Å². The lowest BCUT2D eigenvalue weighted by Gasteiger charge is -1.97. The molecule has 0 saturated carbocycles. The van der Waals surface area contributed by atoms with Gasteiger partial charge in [-0.2, -0.15) is 4.98 Å². The zero-order valence-electron chi connectivity index (χ0n) is 11.6. The van der Waals surface area contributed by atoms with Gasteiger partial charge in [-0.3, -0.25) is 4.79 Å². The number of nitrogens with zero attached hydrogens (tertiary/aromatic N) is 4. The van der Waals surface area contributed by atoms with Gasteiger partial charge in [-0.15, -0.1) is 0 Å². The second kappa shape index (κ2) is 5.70. The van der Waals surface area contributed by atoms with Crippen molar-refractivity contribution in [2.75, 3.05) is 0 Å². The van der Waals surface area contributed by atoms with Crippen molar-refractivity contribution in [1.29, 1.82) is 0 Å². The molecule has 0 saturated heterocycles. The van der Waals surface area contributed by atoms with Gasteiger partial charge in [-0.05, 0) is 12.0 Å². The van der Waals surface area contributed by atoms with E-state index in [1.54, 1.807) is 7.05 Å². The van der Waals surface area contributed by atoms with Crippen LogP contribution in [0.2, 0.25) is 0 Å². The number of hydrogen-bond donors (Lipinski definition) is 0. The number of aromatic nitrogens is 4. The Morgan fingerprint density at radius 1 is 1.19 bits per heavy atom. The fourth-order valence-electron chi connectivity index (χ4n) is 1.94. The molecule has 2 heterocycles. The monoisotopic (exact) mass is 282 g/mol. The Balaban J connectivity index is 1.74. The van der Waals surface area contributed by atoms with Crippen molar-refractivity contribution in [3.8, 4) is 11.6 Å². The summed E-state index contributed by atoms with van der Waals surface area (Å²) >= 11 is 0. The van der Waals surface area contributed by atoms with Crippen molar-refractivity contribution in [2.45, 2.75) is 12.8 Å². The molecular weight excluding hydrogens is 268 g/mol. The van der Waals surface area contributed by atoms with Crippen molar-refractivity contribution >= 4 is 0 Å². The molecule has 6 nitrogen and oxygen atoms in total. The van der Waals surface area contributed by atoms with Crippen LogP contribution in [0.5, 0.6) is 0 Å². The molecule has 0 aliphatic carbocycles. The second-order valence-electron chi connectivity index (χ2n) is 4.72. The molecule has 0 unspecified atom stereocenters. The van der Waals surface area contributed by atoms with Gasteiger partial charge in [0.1, 0.15) is 5.69 Å². The fourth-order valence-corrected chi connectivity index (χ4v) is 1.94. The summed E-state index contributed by atoms with van der Waals surface area (Å²) in [6.45, 7) is 0. The molecule has 0 bridgehead atoms. The molecule has 0 atom stereocenters. The largest absolute Gasteiger partial charge is 0.332 e. The predicted molar refractivity (Wildman–Crippen MR) is 76.6 cm³/mol. The predicted octanol–water partition coefficient (Wildman–Crippen LogP) is 1.62. The smallest absolute Gasteiger partial charge is 0.276 e. The van der Waals surface area contributed by atoms with Crippen molar-refractivity contribution < 1.29 is 4.52 Å². The minimum absolute atomic E-state index is 0.163. The van der Waals surface area contributed by atoms with E-state index in [0.717, 1.165) is 6.42 Å². The lowest BCUT2D eigenvalue weighted by Crippen LogP contribution is -2.15. The van der Waals surface area contributed by atoms with Crippen LogP contribution in [0.15, 0.2) is 52.0 Å². The Morgan fingerprint density at radius 3 is 2.76 bits per heavy atom. The molecule has 106 valence electrons. The van der Waals surface area contributed by atoms with Crippen LogP contribution in [0.3, 0.4) is 0 Å². The van der Waals surface area contributed by atoms with E-state index in [1.165, 1.54) is 22.5 Å². The van der Waals surface area contributed by atoms with Gasteiger partial charge in [0.2, 0.25) is 0 Å². The van der Waals surface area contributed by atoms with Crippen LogP contribution >= 0.6 is 0 Å². The molecule has 0 radical (unpaired) electrons. The van der Waals surface area contributed by atoms with E-state index in [9.17, 15) is 4.79 Å². The summed E-state index contributed by atoms with van der Waals surface area (Å²) in [4.78, 5) is 19.9. The average molecular weight is 282 g/mol. The fraction of sp³-hybridized carbons (Fsp3) is 0.200. The van der Waals surface area contributed by atoms with Crippen LogP contribution in [0.25, 0.3) is 11.6 Å². The molecule has 0 amide bonds. The minimum Gasteiger partial charge on any atom is -0.332 e. The first-order valence-electron chi connectivity index (χ1n) is 6.62. The third-order valence-electron chi connectivity index (χ3n) is 3.15. The maximum atomic E-state index is 11.6. The van der Waals surface area contributed by atoms with E-state index < -0.39 is 0 Å². The maximum absolute atomic E-state index is 11.6. The lowest BCUT2D eigenvalue weighted by atomic mass is 10.1. The van der Waals surface area contributed by atoms with Crippen molar-refractivity contribution in [3.05, 3.63) is 64.5 Å². The molecule has 3 rings (SSSR count). The average Bonchev–Trinajstić information content (AvgIpc) is 2.98. The summed E-state index contributed by atoms with van der Waals surface area (Å²) in [5.74, 6) is 0.882. The molecule has 21 heavy (non-hydrogen) atoms. The highest BCUT2D eigenvalue weighted by Crippen LogP contribution is 2.13. The summed E-state index contributed by atoms with van der Waals surface area (Å²) < 4.78 is 6.55. The molecule has 0 N–H and O–H groups in total. The number of benzene rings is 1. The van der Waals surface area contributed by atoms with Crippen LogP contribution in [0, 0.1) is 0 Å². The van der Waals surface area contributed by atoms with Gasteiger partial charge in [-0.25, -0.2) is 4.98 Å². The molecule has 0 aliphatic rings. The summed E-state index contributed by atoms with van der Waals surface area (Å²) in [6, 6.07) is 11.5. The molecular formula is C15H14N4O2. The van der Waals surface area contributed by atoms with E-state index in [4.69, 9.17) is 4.52 Å². The topological polar surface area (TPSA) is 73.8 Å². The van der Waals surface area contributed by atoms with Gasteiger partial charge in [0.05, 0.1) is 6.33 Å². The van der Waals surface area contributed by atoms with Crippen LogP contribution < -0.4 is 5.56 Å². The van der Waals surface area contributed by atoms with E-state index in [1.807, 2.05) is 18.2 Å². The van der Waals surface area contributed by atoms with Crippen LogP contribution in [-0.4, -0.2) is 19.7 Å². The summed E-state index contributed by atoms with van der Waals surface area (Å²) in [7, 11) is 1.64. The van der Waals surface area contributed by atoms with Crippen molar-refractivity contribution in [3.63, 3.8) is 0 Å². The van der Waals surface area contributed by atoms with Gasteiger partial charge in [0, 0.05) is 19.5 Å². The Labute approximate surface area is 121 Å². The molecule has 0 spiro atoms. The van der Waals surface area contributed by atoms with Crippen molar-refractivity contribution in [2.24, 2.45) is 7.05 Å². The summed E-state index contributed by atoms with van der Waals surface area (Å²) in [5, 5.41) is 3.92. The first kappa shape index (κ1) is 13.2. The van der Waals surface area contributed by atoms with E-state index in [-0.39, 0.29) is 11.4 Å². The Bertz CT molecular complexity index is 793. The third kappa shape index (κ3) is 3.05. The van der Waals surface area contributed by atoms with Gasteiger partial charge in [-0.1, -0.05) is 35.5 Å². The maximum Gasteiger partial charge on any atom is 0.276 e. The first-order valence-corrected chi connectivity index (χ1v) is 6.62. The normalized spacial score (nSPS) is 10.7. The molecule has 0 aliphatic heterocycles. The quantitative estimate of drug-likeness (QED) is 0.727. The van der Waals surface area contributed by atoms with Crippen LogP contribution in [0.4, 0.5) is 0 Å². The number of hydrogen-bond acceptors (Lipinski definition) is 5. The zero-order valence-corrected chi connectivity index (χ0v) is 11.6. The number of rotatable bonds is 4. The Kier molecular flexibility index (Phi) is 3.59. The Morgan fingerprint density at radius 2 is 2.00 bits per heavy atom. The Hall–Kier alpha value is -2.76. The molecule has 2 aromatic heterocycles. The summed E-state index contributed by atoms with van der Waals surface area (Å²) in [6.07, 6.45) is 2.95. The highest BCUT2D eigenvalue weighted by Gasteiger charge is 2.11. The van der Waals surface area contributed by atoms with Crippen molar-refractivity contribution in [1.82, 2.24) is 19.7 Å². The highest BCUT2D eigenvalue weighted by atomic mass is 16.5. The number of aryl methyl sites for hydroxylation is 3. The van der Waals surface area contributed by atoms with Gasteiger partial charge >= 0.3 is 0 Å². The van der Waals surface area contributed by atoms with Gasteiger partial charge in [0.25, 0.3) is 11.4 Å². The lowest BCUT2D eigenvalue weighted by molar-refractivity contribution is 0.421. The third-order valence-corrected chi connectivity index (χ3v) is 3.15. The van der Waals surface area contributed by atoms with Gasteiger partial charge < -0.3 is 9.09 Å². The zero-order chi connectivity index (χ0) is 14.7. The molecule has 0 fully saturated rings. The first-order chi connectivity index (χ1) is 10.2. The molecule has 3 aromatic rings. The molecule has 6 heteroatoms. The second-order valence-corrected chi connectivity index (χ2v) is 4.72. The standard InChI is InChI=1S/C15H14N4O2/c1-19-10-16-12(9-14(19)20)15-17-13(18-21-15)8-7-11-5-3-2-4-6-11/h2-6,9-10H,7-8H2,1H3. The van der Waals surface area contributed by atoms with Crippen LogP contribution in [-0.2, 0) is 19.9 Å². The van der Waals surface area contributed by atoms with E-state index >= 15 is 0 Å². The molecule has 1 aromatic carbocycles. The SMILES string of the molecule is Cn1cnc(-c2nc(CCc3ccccc3)no2)cc1=O. The highest BCUT2D eigenvalue weighted by molar-refractivity contribution is 5.44.